The van der Waals surface area contributed by atoms with E-state index in [4.69, 9.17) is 9.84 Å². The van der Waals surface area contributed by atoms with Crippen LogP contribution in [-0.2, 0) is 20.2 Å². The third kappa shape index (κ3) is 4.43. The quantitative estimate of drug-likeness (QED) is 0.719. The number of hydrogen-bond acceptors (Lipinski definition) is 7. The predicted molar refractivity (Wildman–Crippen MR) is 87.0 cm³/mol. The molecule has 2 heterocycles. The van der Waals surface area contributed by atoms with Crippen molar-refractivity contribution in [3.05, 3.63) is 22.1 Å². The molecule has 0 aliphatic carbocycles. The molecule has 0 radical (unpaired) electrons. The number of hydrogen-bond donors (Lipinski definition) is 2. The van der Waals surface area contributed by atoms with Gasteiger partial charge in [-0.3, -0.25) is 0 Å². The molecule has 0 saturated carbocycles. The van der Waals surface area contributed by atoms with Gasteiger partial charge in [0.15, 0.2) is 12.1 Å². The van der Waals surface area contributed by atoms with Crippen LogP contribution in [0.4, 0.5) is 5.95 Å². The zero-order valence-electron chi connectivity index (χ0n) is 13.4. The fraction of sp³-hybridized carbons (Fsp3) is 0.571. The van der Waals surface area contributed by atoms with Gasteiger partial charge in [0, 0.05) is 30.3 Å². The molecular formula is C14H23N5O2S. The van der Waals surface area contributed by atoms with E-state index in [0.29, 0.717) is 11.8 Å². The summed E-state index contributed by atoms with van der Waals surface area (Å²) in [4.78, 5) is 7.60. The summed E-state index contributed by atoms with van der Waals surface area (Å²) in [7, 11) is 5.87. The van der Waals surface area contributed by atoms with Crippen LogP contribution in [0.1, 0.15) is 24.0 Å². The number of aliphatic hydroxyl groups excluding tert-OH is 1. The Morgan fingerprint density at radius 2 is 2.27 bits per heavy atom. The number of anilines is 1. The molecule has 122 valence electrons. The first-order chi connectivity index (χ1) is 10.5. The number of thiophene rings is 1. The Labute approximate surface area is 134 Å². The highest BCUT2D eigenvalue weighted by atomic mass is 32.1. The van der Waals surface area contributed by atoms with Gasteiger partial charge in [-0.1, -0.05) is 6.92 Å². The molecule has 0 bridgehead atoms. The molecule has 2 N–H and O–H groups in total. The monoisotopic (exact) mass is 325 g/mol. The molecule has 0 aliphatic rings. The number of aromatic nitrogens is 3. The van der Waals surface area contributed by atoms with Gasteiger partial charge in [0.1, 0.15) is 12.4 Å². The number of aliphatic hydroxyl groups is 1. The van der Waals surface area contributed by atoms with Gasteiger partial charge in [0.2, 0.25) is 5.95 Å². The van der Waals surface area contributed by atoms with Crippen LogP contribution in [0.2, 0.25) is 0 Å². The van der Waals surface area contributed by atoms with Crippen molar-refractivity contribution in [3.63, 3.8) is 0 Å². The lowest BCUT2D eigenvalue weighted by Gasteiger charge is -2.18. The summed E-state index contributed by atoms with van der Waals surface area (Å²) in [6, 6.07) is 2.06. The zero-order chi connectivity index (χ0) is 16.1. The van der Waals surface area contributed by atoms with Crippen LogP contribution in [0, 0.1) is 0 Å². The van der Waals surface area contributed by atoms with Crippen LogP contribution >= 0.6 is 11.3 Å². The van der Waals surface area contributed by atoms with E-state index in [0.717, 1.165) is 18.7 Å². The largest absolute Gasteiger partial charge is 0.470 e. The average Bonchev–Trinajstić information content (AvgIpc) is 3.04. The SMILES string of the molecule is CCC(Nc1nc(CO)nn1C)Oc1csc(CN(C)C)c1. The molecule has 22 heavy (non-hydrogen) atoms. The van der Waals surface area contributed by atoms with Crippen molar-refractivity contribution in [2.45, 2.75) is 32.7 Å². The molecule has 1 atom stereocenters. The Morgan fingerprint density at radius 1 is 1.50 bits per heavy atom. The maximum absolute atomic E-state index is 9.08. The van der Waals surface area contributed by atoms with Gasteiger partial charge < -0.3 is 20.1 Å². The molecule has 0 aliphatic heterocycles. The van der Waals surface area contributed by atoms with Crippen LogP contribution in [0.3, 0.4) is 0 Å². The maximum Gasteiger partial charge on any atom is 0.224 e. The van der Waals surface area contributed by atoms with Crippen molar-refractivity contribution in [1.82, 2.24) is 19.7 Å². The third-order valence-electron chi connectivity index (χ3n) is 2.99. The highest BCUT2D eigenvalue weighted by Gasteiger charge is 2.14. The molecule has 2 aromatic rings. The number of aryl methyl sites for hydroxylation is 1. The summed E-state index contributed by atoms with van der Waals surface area (Å²) in [6.45, 7) is 2.76. The number of ether oxygens (including phenoxy) is 1. The van der Waals surface area contributed by atoms with Gasteiger partial charge in [-0.25, -0.2) is 4.68 Å². The van der Waals surface area contributed by atoms with Crippen LogP contribution in [-0.4, -0.2) is 45.1 Å². The second-order valence-corrected chi connectivity index (χ2v) is 6.27. The van der Waals surface area contributed by atoms with Crippen molar-refractivity contribution in [2.75, 3.05) is 19.4 Å². The summed E-state index contributed by atoms with van der Waals surface area (Å²) in [5.41, 5.74) is 0. The highest BCUT2D eigenvalue weighted by Crippen LogP contribution is 2.24. The smallest absolute Gasteiger partial charge is 0.224 e. The lowest BCUT2D eigenvalue weighted by Crippen LogP contribution is -2.27. The van der Waals surface area contributed by atoms with Crippen LogP contribution < -0.4 is 10.1 Å². The molecule has 2 aromatic heterocycles. The molecular weight excluding hydrogens is 302 g/mol. The van der Waals surface area contributed by atoms with Crippen molar-refractivity contribution >= 4 is 17.3 Å². The Bertz CT molecular complexity index is 596. The van der Waals surface area contributed by atoms with E-state index in [2.05, 4.69) is 26.4 Å². The highest BCUT2D eigenvalue weighted by molar-refractivity contribution is 7.10. The molecule has 8 heteroatoms. The van der Waals surface area contributed by atoms with Gasteiger partial charge in [0.05, 0.1) is 0 Å². The number of nitrogens with zero attached hydrogens (tertiary/aromatic N) is 4. The normalized spacial score (nSPS) is 12.6. The van der Waals surface area contributed by atoms with Gasteiger partial charge >= 0.3 is 0 Å². The van der Waals surface area contributed by atoms with Gasteiger partial charge in [-0.2, -0.15) is 10.1 Å². The minimum absolute atomic E-state index is 0.175. The second kappa shape index (κ2) is 7.57. The van der Waals surface area contributed by atoms with E-state index >= 15 is 0 Å². The Hall–Kier alpha value is -1.64. The molecule has 0 aromatic carbocycles. The Balaban J connectivity index is 1.99. The molecule has 1 unspecified atom stereocenters. The van der Waals surface area contributed by atoms with E-state index in [1.807, 2.05) is 26.4 Å². The van der Waals surface area contributed by atoms with Crippen molar-refractivity contribution in [2.24, 2.45) is 7.05 Å². The van der Waals surface area contributed by atoms with Crippen LogP contribution in [0.25, 0.3) is 0 Å². The van der Waals surface area contributed by atoms with E-state index in [9.17, 15) is 0 Å². The first-order valence-corrected chi connectivity index (χ1v) is 8.05. The summed E-state index contributed by atoms with van der Waals surface area (Å²) >= 11 is 1.69. The summed E-state index contributed by atoms with van der Waals surface area (Å²) in [5.74, 6) is 1.83. The van der Waals surface area contributed by atoms with Crippen molar-refractivity contribution in [1.29, 1.82) is 0 Å². The standard InChI is InChI=1S/C14H23N5O2S/c1-5-13(16-14-15-12(8-20)17-19(14)4)21-10-6-11(22-9-10)7-18(2)3/h6,9,13,20H,5,7-8H2,1-4H3,(H,15,16,17). The average molecular weight is 325 g/mol. The lowest BCUT2D eigenvalue weighted by molar-refractivity contribution is 0.225. The van der Waals surface area contributed by atoms with Crippen molar-refractivity contribution < 1.29 is 9.84 Å². The van der Waals surface area contributed by atoms with Gasteiger partial charge in [-0.15, -0.1) is 11.3 Å². The third-order valence-corrected chi connectivity index (χ3v) is 3.89. The topological polar surface area (TPSA) is 75.4 Å². The molecule has 0 fully saturated rings. The van der Waals surface area contributed by atoms with E-state index < -0.39 is 0 Å². The van der Waals surface area contributed by atoms with E-state index in [-0.39, 0.29) is 12.8 Å². The Morgan fingerprint density at radius 3 is 2.86 bits per heavy atom. The maximum atomic E-state index is 9.08. The second-order valence-electron chi connectivity index (χ2n) is 5.28. The first kappa shape index (κ1) is 16.7. The summed E-state index contributed by atoms with van der Waals surface area (Å²) < 4.78 is 7.56. The summed E-state index contributed by atoms with van der Waals surface area (Å²) in [6.07, 6.45) is 0.580. The molecule has 0 amide bonds. The van der Waals surface area contributed by atoms with Gasteiger partial charge in [0.25, 0.3) is 0 Å². The molecule has 2 rings (SSSR count). The van der Waals surface area contributed by atoms with Gasteiger partial charge in [-0.05, 0) is 20.2 Å². The van der Waals surface area contributed by atoms with E-state index in [1.54, 1.807) is 23.1 Å². The first-order valence-electron chi connectivity index (χ1n) is 7.18. The van der Waals surface area contributed by atoms with Crippen LogP contribution in [0.15, 0.2) is 11.4 Å². The minimum Gasteiger partial charge on any atom is -0.470 e. The Kier molecular flexibility index (Phi) is 5.76. The molecule has 0 saturated heterocycles. The molecule has 0 spiro atoms. The fourth-order valence-corrected chi connectivity index (χ4v) is 2.88. The fourth-order valence-electron chi connectivity index (χ4n) is 1.97. The number of rotatable bonds is 8. The zero-order valence-corrected chi connectivity index (χ0v) is 14.2. The predicted octanol–water partition coefficient (Wildman–Crippen LogP) is 1.66. The minimum atomic E-state index is -0.198. The lowest BCUT2D eigenvalue weighted by atomic mass is 10.4. The van der Waals surface area contributed by atoms with E-state index in [1.165, 1.54) is 4.88 Å². The molecule has 7 nitrogen and oxygen atoms in total. The summed E-state index contributed by atoms with van der Waals surface area (Å²) in [5, 5.41) is 18.4. The van der Waals surface area contributed by atoms with Crippen LogP contribution in [0.5, 0.6) is 5.75 Å². The number of nitrogens with one attached hydrogen (secondary N) is 1. The van der Waals surface area contributed by atoms with Crippen molar-refractivity contribution in [3.8, 4) is 5.75 Å².